The van der Waals surface area contributed by atoms with Crippen LogP contribution < -0.4 is 14.8 Å². The van der Waals surface area contributed by atoms with Gasteiger partial charge < -0.3 is 15.1 Å². The van der Waals surface area contributed by atoms with Crippen LogP contribution in [0.3, 0.4) is 0 Å². The molecule has 13 heteroatoms. The first-order valence-corrected chi connectivity index (χ1v) is 14.5. The van der Waals surface area contributed by atoms with Crippen molar-refractivity contribution in [3.8, 4) is 0 Å². The van der Waals surface area contributed by atoms with E-state index in [0.717, 1.165) is 0 Å². The first-order valence-electron chi connectivity index (χ1n) is 10.8. The maximum atomic E-state index is 13.4. The van der Waals surface area contributed by atoms with Gasteiger partial charge in [0, 0.05) is 26.4 Å². The molecule has 0 bridgehead atoms. The minimum Gasteiger partial charge on any atom is -0.480 e. The number of benzene rings is 2. The van der Waals surface area contributed by atoms with Crippen molar-refractivity contribution in [1.29, 1.82) is 0 Å². The minimum absolute atomic E-state index is 0.0149. The van der Waals surface area contributed by atoms with Gasteiger partial charge in [-0.25, -0.2) is 13.2 Å². The number of carboxylic acids is 1. The highest BCUT2D eigenvalue weighted by Crippen LogP contribution is 2.35. The normalized spacial score (nSPS) is 15.7. The third-order valence-corrected chi connectivity index (χ3v) is 8.97. The molecule has 4 rings (SSSR count). The van der Waals surface area contributed by atoms with Crippen LogP contribution in [0.25, 0.3) is 0 Å². The number of rotatable bonds is 8. The molecular formula is C24H22ClIN4O5S2. The van der Waals surface area contributed by atoms with E-state index in [9.17, 15) is 23.1 Å². The quantitative estimate of drug-likeness (QED) is 0.237. The van der Waals surface area contributed by atoms with Crippen molar-refractivity contribution in [2.45, 2.75) is 25.3 Å². The molecule has 0 radical (unpaired) electrons. The van der Waals surface area contributed by atoms with Crippen molar-refractivity contribution in [3.05, 3.63) is 97.3 Å². The fraction of sp³-hybridized carbons (Fsp3) is 0.167. The number of sulfonamides is 1. The molecule has 2 aliphatic rings. The summed E-state index contributed by atoms with van der Waals surface area (Å²) in [5.41, 5.74) is 0.0913. The topological polar surface area (TPSA) is 128 Å². The fourth-order valence-electron chi connectivity index (χ4n) is 3.87. The summed E-state index contributed by atoms with van der Waals surface area (Å²) in [7, 11) is -4.10. The Labute approximate surface area is 237 Å². The van der Waals surface area contributed by atoms with Gasteiger partial charge in [-0.1, -0.05) is 37.6 Å². The van der Waals surface area contributed by atoms with Gasteiger partial charge in [-0.15, -0.1) is 0 Å². The second-order valence-corrected chi connectivity index (χ2v) is 12.9. The number of halogens is 2. The van der Waals surface area contributed by atoms with Crippen molar-refractivity contribution in [2.75, 3.05) is 4.72 Å². The third-order valence-electron chi connectivity index (χ3n) is 5.90. The van der Waals surface area contributed by atoms with Gasteiger partial charge in [0.15, 0.2) is 0 Å². The van der Waals surface area contributed by atoms with Gasteiger partial charge >= 0.3 is 5.97 Å². The molecular weight excluding hydrogens is 651 g/mol. The minimum atomic E-state index is -4.10. The molecule has 2 heterocycles. The lowest BCUT2D eigenvalue weighted by Crippen LogP contribution is -2.52. The molecule has 2 aromatic carbocycles. The average Bonchev–Trinajstić information content (AvgIpc) is 3.31. The lowest BCUT2D eigenvalue weighted by Gasteiger charge is -2.32. The Hall–Kier alpha value is -2.68. The van der Waals surface area contributed by atoms with Crippen molar-refractivity contribution in [1.82, 2.24) is 14.3 Å². The highest BCUT2D eigenvalue weighted by molar-refractivity contribution is 14.1. The Morgan fingerprint density at radius 3 is 2.57 bits per heavy atom. The number of hydrogen-bond acceptors (Lipinski definition) is 7. The van der Waals surface area contributed by atoms with Crippen LogP contribution in [0.1, 0.15) is 29.8 Å². The van der Waals surface area contributed by atoms with E-state index >= 15 is 0 Å². The maximum Gasteiger partial charge on any atom is 0.327 e. The van der Waals surface area contributed by atoms with Gasteiger partial charge in [0.25, 0.3) is 15.9 Å². The molecule has 0 aromatic heterocycles. The molecule has 0 aliphatic carbocycles. The SMILES string of the molecule is CC(C)(c1ccc(Cl)cc1)[C@H](NC(=O)c1ccc(I)cc1NS(=O)(=O)C1=CC=CN2SNC=C12)C(=O)O. The molecule has 0 spiro atoms. The van der Waals surface area contributed by atoms with Crippen LogP contribution in [0.5, 0.6) is 0 Å². The molecule has 194 valence electrons. The van der Waals surface area contributed by atoms with Crippen LogP contribution in [-0.4, -0.2) is 35.7 Å². The first-order chi connectivity index (χ1) is 17.4. The molecule has 1 atom stereocenters. The van der Waals surface area contributed by atoms with Crippen LogP contribution in [0, 0.1) is 3.57 Å². The molecule has 9 nitrogen and oxygen atoms in total. The van der Waals surface area contributed by atoms with Gasteiger partial charge in [-0.2, -0.15) is 0 Å². The van der Waals surface area contributed by atoms with Crippen molar-refractivity contribution < 1.29 is 23.1 Å². The van der Waals surface area contributed by atoms with Crippen LogP contribution in [0.15, 0.2) is 77.6 Å². The van der Waals surface area contributed by atoms with Crippen LogP contribution >= 0.6 is 46.3 Å². The van der Waals surface area contributed by atoms with Gasteiger partial charge in [0.1, 0.15) is 10.9 Å². The number of anilines is 1. The van der Waals surface area contributed by atoms with E-state index in [2.05, 4.69) is 14.8 Å². The predicted octanol–water partition coefficient (Wildman–Crippen LogP) is 4.57. The predicted molar refractivity (Wildman–Crippen MR) is 153 cm³/mol. The van der Waals surface area contributed by atoms with E-state index in [1.165, 1.54) is 30.3 Å². The monoisotopic (exact) mass is 672 g/mol. The number of hydrogen-bond donors (Lipinski definition) is 4. The number of fused-ring (bicyclic) bond motifs is 1. The van der Waals surface area contributed by atoms with Crippen molar-refractivity contribution in [2.24, 2.45) is 0 Å². The second kappa shape index (κ2) is 10.6. The van der Waals surface area contributed by atoms with Crippen LogP contribution in [0.4, 0.5) is 5.69 Å². The average molecular weight is 673 g/mol. The second-order valence-electron chi connectivity index (χ2n) is 8.71. The molecule has 0 saturated carbocycles. The number of carboxylic acid groups (broad SMARTS) is 1. The number of allylic oxidation sites excluding steroid dienone is 2. The Bertz CT molecular complexity index is 1460. The van der Waals surface area contributed by atoms with Gasteiger partial charge in [-0.3, -0.25) is 13.8 Å². The van der Waals surface area contributed by atoms with E-state index in [1.54, 1.807) is 67.0 Å². The summed E-state index contributed by atoms with van der Waals surface area (Å²) >= 11 is 9.20. The summed E-state index contributed by atoms with van der Waals surface area (Å²) in [4.78, 5) is 25.6. The van der Waals surface area contributed by atoms with Gasteiger partial charge in [0.05, 0.1) is 29.1 Å². The molecule has 37 heavy (non-hydrogen) atoms. The summed E-state index contributed by atoms with van der Waals surface area (Å²) < 4.78 is 34.4. The Kier molecular flexibility index (Phi) is 7.83. The zero-order chi connectivity index (χ0) is 27.0. The zero-order valence-corrected chi connectivity index (χ0v) is 24.1. The fourth-order valence-corrected chi connectivity index (χ4v) is 6.46. The number of carbonyl (C=O) groups is 2. The largest absolute Gasteiger partial charge is 0.480 e. The highest BCUT2D eigenvalue weighted by atomic mass is 127. The number of aliphatic carboxylic acids is 1. The molecule has 2 aliphatic heterocycles. The van der Waals surface area contributed by atoms with Gasteiger partial charge in [0.2, 0.25) is 0 Å². The van der Waals surface area contributed by atoms with E-state index in [1.807, 2.05) is 22.6 Å². The van der Waals surface area contributed by atoms with E-state index in [4.69, 9.17) is 11.6 Å². The molecule has 0 unspecified atom stereocenters. The lowest BCUT2D eigenvalue weighted by molar-refractivity contribution is -0.140. The third kappa shape index (κ3) is 5.76. The number of carbonyl (C=O) groups excluding carboxylic acids is 1. The summed E-state index contributed by atoms with van der Waals surface area (Å²) in [5.74, 6) is -1.97. The number of nitrogens with one attached hydrogen (secondary N) is 3. The van der Waals surface area contributed by atoms with Crippen LogP contribution in [0.2, 0.25) is 5.02 Å². The molecule has 0 fully saturated rings. The Morgan fingerprint density at radius 1 is 1.19 bits per heavy atom. The molecule has 4 N–H and O–H groups in total. The summed E-state index contributed by atoms with van der Waals surface area (Å²) in [6.07, 6.45) is 6.35. The Morgan fingerprint density at radius 2 is 1.89 bits per heavy atom. The Balaban J connectivity index is 1.64. The molecule has 2 aromatic rings. The van der Waals surface area contributed by atoms with E-state index in [0.29, 0.717) is 19.9 Å². The smallest absolute Gasteiger partial charge is 0.327 e. The summed E-state index contributed by atoms with van der Waals surface area (Å²) in [6.45, 7) is 3.39. The van der Waals surface area contributed by atoms with Crippen molar-refractivity contribution >= 4 is 73.9 Å². The number of amides is 1. The molecule has 0 saturated heterocycles. The first kappa shape index (κ1) is 27.4. The van der Waals surface area contributed by atoms with Crippen LogP contribution in [-0.2, 0) is 20.2 Å². The lowest BCUT2D eigenvalue weighted by atomic mass is 9.77. The van der Waals surface area contributed by atoms with Gasteiger partial charge in [-0.05, 0) is 70.6 Å². The highest BCUT2D eigenvalue weighted by Gasteiger charge is 2.39. The van der Waals surface area contributed by atoms with Crippen molar-refractivity contribution in [3.63, 3.8) is 0 Å². The summed E-state index contributed by atoms with van der Waals surface area (Å²) in [6, 6.07) is 9.99. The van der Waals surface area contributed by atoms with E-state index < -0.39 is 33.4 Å². The molecule has 1 amide bonds. The standard InChI is InChI=1S/C24H22ClIN4O5S2/c1-24(2,14-5-7-15(25)8-6-14)21(23(32)33)28-22(31)17-10-9-16(26)12-18(17)29-37(34,35)20-4-3-11-30-19(20)13-27-36-30/h3-13,21,27,29H,1-2H3,(H,28,31)(H,32,33)/t21-/m1/s1. The zero-order valence-electron chi connectivity index (χ0n) is 19.5. The van der Waals surface area contributed by atoms with E-state index in [-0.39, 0.29) is 16.2 Å². The summed E-state index contributed by atoms with van der Waals surface area (Å²) in [5, 5.41) is 13.1. The number of nitrogens with zero attached hydrogens (tertiary/aromatic N) is 1. The maximum absolute atomic E-state index is 13.4.